The molecule has 166 valence electrons. The molecule has 0 aliphatic heterocycles. The molecule has 0 radical (unpaired) electrons. The van der Waals surface area contributed by atoms with Gasteiger partial charge < -0.3 is 14.4 Å². The Morgan fingerprint density at radius 1 is 1.07 bits per heavy atom. The van der Waals surface area contributed by atoms with Gasteiger partial charge in [0.1, 0.15) is 0 Å². The van der Waals surface area contributed by atoms with Crippen LogP contribution in [0.3, 0.4) is 0 Å². The molecule has 1 aromatic heterocycles. The Bertz CT molecular complexity index is 854. The molecule has 0 saturated heterocycles. The first-order valence-electron chi connectivity index (χ1n) is 10.6. The lowest BCUT2D eigenvalue weighted by molar-refractivity contribution is 0.0969. The Kier molecular flexibility index (Phi) is 9.05. The highest BCUT2D eigenvalue weighted by Gasteiger charge is 2.25. The van der Waals surface area contributed by atoms with E-state index in [1.54, 1.807) is 0 Å². The van der Waals surface area contributed by atoms with Crippen LogP contribution >= 0.6 is 7.82 Å². The minimum absolute atomic E-state index is 0.0166. The molecule has 0 aliphatic rings. The van der Waals surface area contributed by atoms with Gasteiger partial charge in [-0.2, -0.15) is 0 Å². The van der Waals surface area contributed by atoms with Crippen molar-refractivity contribution in [1.29, 1.82) is 0 Å². The van der Waals surface area contributed by atoms with Crippen molar-refractivity contribution in [1.82, 2.24) is 4.57 Å². The summed E-state index contributed by atoms with van der Waals surface area (Å²) in [5, 5.41) is 0. The second-order valence-corrected chi connectivity index (χ2v) is 9.74. The van der Waals surface area contributed by atoms with E-state index in [9.17, 15) is 9.36 Å². The number of carbonyl (C=O) groups is 1. The summed E-state index contributed by atoms with van der Waals surface area (Å²) in [5.74, 6) is 0.167. The van der Waals surface area contributed by atoms with Gasteiger partial charge in [0.15, 0.2) is 5.78 Å². The van der Waals surface area contributed by atoms with Crippen molar-refractivity contribution in [2.75, 3.05) is 6.61 Å². The van der Waals surface area contributed by atoms with Gasteiger partial charge in [-0.15, -0.1) is 0 Å². The van der Waals surface area contributed by atoms with Gasteiger partial charge in [-0.3, -0.25) is 9.32 Å². The third kappa shape index (κ3) is 8.19. The quantitative estimate of drug-likeness (QED) is 0.257. The maximum Gasteiger partial charge on any atom is 0.469 e. The zero-order valence-corrected chi connectivity index (χ0v) is 19.1. The van der Waals surface area contributed by atoms with Gasteiger partial charge in [0.05, 0.1) is 12.3 Å². The fraction of sp³-hybridized carbons (Fsp3) is 0.522. The number of phosphoric ester groups is 1. The van der Waals surface area contributed by atoms with Crippen molar-refractivity contribution in [2.24, 2.45) is 5.41 Å². The van der Waals surface area contributed by atoms with Gasteiger partial charge in [0.2, 0.25) is 0 Å². The van der Waals surface area contributed by atoms with Crippen molar-refractivity contribution in [3.8, 4) is 0 Å². The predicted octanol–water partition coefficient (Wildman–Crippen LogP) is 5.17. The van der Waals surface area contributed by atoms with Gasteiger partial charge in [-0.25, -0.2) is 4.57 Å². The second kappa shape index (κ2) is 11.1. The van der Waals surface area contributed by atoms with Gasteiger partial charge in [-0.1, -0.05) is 44.2 Å². The Morgan fingerprint density at radius 2 is 1.77 bits per heavy atom. The first-order chi connectivity index (χ1) is 14.1. The van der Waals surface area contributed by atoms with Crippen LogP contribution in [0.25, 0.3) is 0 Å². The van der Waals surface area contributed by atoms with Crippen LogP contribution < -0.4 is 0 Å². The van der Waals surface area contributed by atoms with E-state index in [0.717, 1.165) is 30.7 Å². The highest BCUT2D eigenvalue weighted by atomic mass is 31.2. The molecule has 0 saturated carbocycles. The average molecular weight is 436 g/mol. The molecule has 2 N–H and O–H groups in total. The summed E-state index contributed by atoms with van der Waals surface area (Å²) in [6, 6.07) is 14.2. The average Bonchev–Trinajstić information content (AvgIpc) is 3.12. The summed E-state index contributed by atoms with van der Waals surface area (Å²) in [6.07, 6.45) is 4.79. The number of ketones is 1. The topological polar surface area (TPSA) is 88.8 Å². The third-order valence-corrected chi connectivity index (χ3v) is 5.78. The molecule has 0 fully saturated rings. The van der Waals surface area contributed by atoms with Gasteiger partial charge in [0.25, 0.3) is 0 Å². The summed E-state index contributed by atoms with van der Waals surface area (Å²) in [4.78, 5) is 30.6. The summed E-state index contributed by atoms with van der Waals surface area (Å²) < 4.78 is 17.7. The van der Waals surface area contributed by atoms with Crippen LogP contribution in [0.15, 0.2) is 42.5 Å². The Labute approximate surface area is 179 Å². The third-order valence-electron chi connectivity index (χ3n) is 5.32. The molecule has 6 nitrogen and oxygen atoms in total. The predicted molar refractivity (Wildman–Crippen MR) is 119 cm³/mol. The molecule has 0 bridgehead atoms. The van der Waals surface area contributed by atoms with Crippen LogP contribution in [-0.2, 0) is 28.5 Å². The fourth-order valence-corrected chi connectivity index (χ4v) is 4.05. The highest BCUT2D eigenvalue weighted by molar-refractivity contribution is 7.46. The molecular formula is C23H34NO5P. The first kappa shape index (κ1) is 24.5. The van der Waals surface area contributed by atoms with Crippen LogP contribution in [0.5, 0.6) is 0 Å². The number of nitrogens with zero attached hydrogens (tertiary/aromatic N) is 1. The summed E-state index contributed by atoms with van der Waals surface area (Å²) in [7, 11) is -4.47. The Hall–Kier alpha value is -1.72. The van der Waals surface area contributed by atoms with Gasteiger partial charge in [-0.05, 0) is 62.1 Å². The van der Waals surface area contributed by atoms with Crippen LogP contribution in [0.1, 0.15) is 68.2 Å². The van der Waals surface area contributed by atoms with E-state index >= 15 is 0 Å². The number of rotatable bonds is 13. The van der Waals surface area contributed by atoms with Gasteiger partial charge in [0, 0.05) is 18.7 Å². The van der Waals surface area contributed by atoms with Crippen LogP contribution in [0.2, 0.25) is 0 Å². The molecule has 0 unspecified atom stereocenters. The molecule has 1 aromatic carbocycles. The lowest BCUT2D eigenvalue weighted by atomic mass is 9.88. The molecule has 0 spiro atoms. The largest absolute Gasteiger partial charge is 0.469 e. The van der Waals surface area contributed by atoms with Gasteiger partial charge >= 0.3 is 7.82 Å². The minimum Gasteiger partial charge on any atom is -0.343 e. The summed E-state index contributed by atoms with van der Waals surface area (Å²) in [5.41, 5.74) is 2.73. The lowest BCUT2D eigenvalue weighted by Gasteiger charge is -2.24. The molecule has 7 heteroatoms. The SMILES string of the molecule is CCn1c(CCC(C)(C)COP(=O)(O)O)ccc1C(=O)CCCCc1ccccc1. The summed E-state index contributed by atoms with van der Waals surface area (Å²) >= 11 is 0. The van der Waals surface area contributed by atoms with Crippen molar-refractivity contribution in [2.45, 2.75) is 65.8 Å². The number of phosphoric acid groups is 1. The normalized spacial score (nSPS) is 12.3. The number of hydrogen-bond donors (Lipinski definition) is 2. The van der Waals surface area contributed by atoms with Crippen molar-refractivity contribution < 1.29 is 23.7 Å². The first-order valence-corrected chi connectivity index (χ1v) is 12.1. The van der Waals surface area contributed by atoms with E-state index in [2.05, 4.69) is 21.2 Å². The van der Waals surface area contributed by atoms with E-state index in [4.69, 9.17) is 9.79 Å². The smallest absolute Gasteiger partial charge is 0.343 e. The Balaban J connectivity index is 1.87. The standard InChI is InChI=1S/C23H34NO5P/c1-4-24-20(16-17-23(2,3)18-29-30(26,27)28)14-15-21(24)22(25)13-9-8-12-19-10-6-5-7-11-19/h5-7,10-11,14-15H,4,8-9,12-13,16-18H2,1-3H3,(H2,26,27,28). The maximum atomic E-state index is 12.7. The molecule has 2 aromatic rings. The molecule has 0 aliphatic carbocycles. The second-order valence-electron chi connectivity index (χ2n) is 8.50. The zero-order valence-electron chi connectivity index (χ0n) is 18.2. The number of carbonyl (C=O) groups excluding carboxylic acids is 1. The van der Waals surface area contributed by atoms with Crippen LogP contribution in [0.4, 0.5) is 0 Å². The number of unbranched alkanes of at least 4 members (excludes halogenated alkanes) is 1. The van der Waals surface area contributed by atoms with Crippen molar-refractivity contribution in [3.63, 3.8) is 0 Å². The zero-order chi connectivity index (χ0) is 22.2. The van der Waals surface area contributed by atoms with E-state index in [1.165, 1.54) is 5.56 Å². The molecule has 1 heterocycles. The number of benzene rings is 1. The number of aryl methyl sites for hydroxylation is 2. The number of aromatic nitrogens is 1. The monoisotopic (exact) mass is 435 g/mol. The molecule has 30 heavy (non-hydrogen) atoms. The number of Topliss-reactive ketones (excluding diaryl/α,β-unsaturated/α-hetero) is 1. The molecule has 0 atom stereocenters. The van der Waals surface area contributed by atoms with E-state index in [-0.39, 0.29) is 17.8 Å². The van der Waals surface area contributed by atoms with E-state index < -0.39 is 7.82 Å². The minimum atomic E-state index is -4.47. The van der Waals surface area contributed by atoms with Crippen molar-refractivity contribution in [3.05, 3.63) is 59.4 Å². The van der Waals surface area contributed by atoms with Crippen molar-refractivity contribution >= 4 is 13.6 Å². The number of hydrogen-bond acceptors (Lipinski definition) is 3. The Morgan fingerprint density at radius 3 is 2.40 bits per heavy atom. The molecule has 0 amide bonds. The maximum absolute atomic E-state index is 12.7. The molecular weight excluding hydrogens is 401 g/mol. The summed E-state index contributed by atoms with van der Waals surface area (Å²) in [6.45, 7) is 6.56. The van der Waals surface area contributed by atoms with Crippen LogP contribution in [-0.4, -0.2) is 26.7 Å². The van der Waals surface area contributed by atoms with E-state index in [0.29, 0.717) is 25.8 Å². The molecule has 2 rings (SSSR count). The van der Waals surface area contributed by atoms with Crippen LogP contribution in [0, 0.1) is 5.41 Å². The fourth-order valence-electron chi connectivity index (χ4n) is 3.53. The van der Waals surface area contributed by atoms with E-state index in [1.807, 2.05) is 51.1 Å². The lowest BCUT2D eigenvalue weighted by Crippen LogP contribution is -2.20. The highest BCUT2D eigenvalue weighted by Crippen LogP contribution is 2.39.